The van der Waals surface area contributed by atoms with Crippen molar-refractivity contribution in [2.75, 3.05) is 31.2 Å². The Hall–Kier alpha value is -0.750. The molecule has 0 aliphatic carbocycles. The predicted molar refractivity (Wildman–Crippen MR) is 96.9 cm³/mol. The highest BCUT2D eigenvalue weighted by Crippen LogP contribution is 2.30. The molecule has 22 heavy (non-hydrogen) atoms. The summed E-state index contributed by atoms with van der Waals surface area (Å²) in [7, 11) is 0. The minimum atomic E-state index is -0.131. The van der Waals surface area contributed by atoms with Crippen LogP contribution in [0.2, 0.25) is 0 Å². The first kappa shape index (κ1) is 19.3. The zero-order valence-corrected chi connectivity index (χ0v) is 15.1. The smallest absolute Gasteiger partial charge is 0.241 e. The van der Waals surface area contributed by atoms with Gasteiger partial charge in [0.25, 0.3) is 0 Å². The van der Waals surface area contributed by atoms with Gasteiger partial charge in [-0.2, -0.15) is 0 Å². The molecule has 1 heterocycles. The molecule has 124 valence electrons. The number of hydrogen-bond donors (Lipinski definition) is 2. The number of nitrogens with one attached hydrogen (secondary N) is 1. The third kappa shape index (κ3) is 4.38. The molecule has 2 unspecified atom stereocenters. The summed E-state index contributed by atoms with van der Waals surface area (Å²) in [6.45, 7) is 6.67. The quantitative estimate of drug-likeness (QED) is 0.807. The molecule has 0 aromatic heterocycles. The van der Waals surface area contributed by atoms with E-state index in [0.717, 1.165) is 30.1 Å². The normalized spacial score (nSPS) is 22.9. The second-order valence-corrected chi connectivity index (χ2v) is 6.95. The Bertz CT molecular complexity index is 514. The summed E-state index contributed by atoms with van der Waals surface area (Å²) in [5.41, 5.74) is 6.87. The van der Waals surface area contributed by atoms with Crippen LogP contribution in [0.3, 0.4) is 0 Å². The standard InChI is InChI=1S/C16H25N3OS.ClH/c1-12(19-9-8-16(2,10-17)11-19)15(20)18-13-6-4-5-7-14(13)21-3;/h4-7,12H,8-11,17H2,1-3H3,(H,18,20);1H. The molecular formula is C16H26ClN3OS. The molecule has 6 heteroatoms. The lowest BCUT2D eigenvalue weighted by Gasteiger charge is -2.26. The summed E-state index contributed by atoms with van der Waals surface area (Å²) >= 11 is 1.64. The zero-order valence-electron chi connectivity index (χ0n) is 13.5. The maximum Gasteiger partial charge on any atom is 0.241 e. The predicted octanol–water partition coefficient (Wildman–Crippen LogP) is 2.83. The molecule has 1 aliphatic rings. The molecule has 3 N–H and O–H groups in total. The second kappa shape index (κ2) is 8.20. The van der Waals surface area contributed by atoms with Crippen molar-refractivity contribution in [2.24, 2.45) is 11.1 Å². The van der Waals surface area contributed by atoms with Crippen molar-refractivity contribution in [3.8, 4) is 0 Å². The van der Waals surface area contributed by atoms with Gasteiger partial charge in [0.1, 0.15) is 0 Å². The monoisotopic (exact) mass is 343 g/mol. The Morgan fingerprint density at radius 2 is 2.18 bits per heavy atom. The van der Waals surface area contributed by atoms with Gasteiger partial charge in [-0.1, -0.05) is 19.1 Å². The highest BCUT2D eigenvalue weighted by Gasteiger charge is 2.36. The van der Waals surface area contributed by atoms with E-state index in [1.165, 1.54) is 0 Å². The number of nitrogens with zero attached hydrogens (tertiary/aromatic N) is 1. The lowest BCUT2D eigenvalue weighted by atomic mass is 9.90. The molecule has 1 aliphatic heterocycles. The van der Waals surface area contributed by atoms with Crippen LogP contribution >= 0.6 is 24.2 Å². The maximum absolute atomic E-state index is 12.5. The third-order valence-corrected chi connectivity index (χ3v) is 5.17. The number of likely N-dealkylation sites (tertiary alicyclic amines) is 1. The fraction of sp³-hybridized carbons (Fsp3) is 0.562. The summed E-state index contributed by atoms with van der Waals surface area (Å²) in [6, 6.07) is 7.77. The first-order chi connectivity index (χ1) is 9.99. The molecular weight excluding hydrogens is 318 g/mol. The van der Waals surface area contributed by atoms with Gasteiger partial charge in [0.15, 0.2) is 0 Å². The molecule has 2 rings (SSSR count). The van der Waals surface area contributed by atoms with Crippen molar-refractivity contribution < 1.29 is 4.79 Å². The molecule has 1 aromatic carbocycles. The largest absolute Gasteiger partial charge is 0.330 e. The molecule has 1 saturated heterocycles. The topological polar surface area (TPSA) is 58.4 Å². The van der Waals surface area contributed by atoms with Crippen LogP contribution in [0.1, 0.15) is 20.3 Å². The summed E-state index contributed by atoms with van der Waals surface area (Å²) in [4.78, 5) is 15.8. The lowest BCUT2D eigenvalue weighted by molar-refractivity contribution is -0.120. The van der Waals surface area contributed by atoms with Crippen LogP contribution in [-0.4, -0.2) is 42.7 Å². The summed E-state index contributed by atoms with van der Waals surface area (Å²) in [5, 5.41) is 3.05. The fourth-order valence-corrected chi connectivity index (χ4v) is 3.26. The highest BCUT2D eigenvalue weighted by molar-refractivity contribution is 7.98. The third-order valence-electron chi connectivity index (χ3n) is 4.37. The minimum absolute atomic E-state index is 0. The summed E-state index contributed by atoms with van der Waals surface area (Å²) < 4.78 is 0. The van der Waals surface area contributed by atoms with Crippen LogP contribution in [0.4, 0.5) is 5.69 Å². The number of amides is 1. The van der Waals surface area contributed by atoms with E-state index in [1.807, 2.05) is 37.4 Å². The van der Waals surface area contributed by atoms with Crippen LogP contribution in [0.15, 0.2) is 29.2 Å². The van der Waals surface area contributed by atoms with Crippen molar-refractivity contribution >= 4 is 35.8 Å². The van der Waals surface area contributed by atoms with E-state index >= 15 is 0 Å². The van der Waals surface area contributed by atoms with Crippen molar-refractivity contribution in [1.29, 1.82) is 0 Å². The number of anilines is 1. The highest BCUT2D eigenvalue weighted by atomic mass is 35.5. The molecule has 2 atom stereocenters. The Balaban J connectivity index is 0.00000242. The van der Waals surface area contributed by atoms with Crippen molar-refractivity contribution in [3.05, 3.63) is 24.3 Å². The van der Waals surface area contributed by atoms with Crippen LogP contribution in [0.25, 0.3) is 0 Å². The number of carbonyl (C=O) groups is 1. The molecule has 1 amide bonds. The number of para-hydroxylation sites is 1. The SMILES string of the molecule is CSc1ccccc1NC(=O)C(C)N1CCC(C)(CN)C1.Cl. The van der Waals surface area contributed by atoms with E-state index in [9.17, 15) is 4.79 Å². The average molecular weight is 344 g/mol. The number of nitrogens with two attached hydrogens (primary N) is 1. The van der Waals surface area contributed by atoms with Gasteiger partial charge in [-0.15, -0.1) is 24.2 Å². The van der Waals surface area contributed by atoms with Gasteiger partial charge in [-0.3, -0.25) is 9.69 Å². The number of hydrogen-bond acceptors (Lipinski definition) is 4. The van der Waals surface area contributed by atoms with E-state index in [1.54, 1.807) is 11.8 Å². The average Bonchev–Trinajstić information content (AvgIpc) is 2.90. The van der Waals surface area contributed by atoms with E-state index in [2.05, 4.69) is 17.1 Å². The van der Waals surface area contributed by atoms with E-state index in [0.29, 0.717) is 6.54 Å². The Morgan fingerprint density at radius 1 is 1.50 bits per heavy atom. The Morgan fingerprint density at radius 3 is 2.77 bits per heavy atom. The number of halogens is 1. The summed E-state index contributed by atoms with van der Waals surface area (Å²) in [5.74, 6) is 0.0535. The first-order valence-corrected chi connectivity index (χ1v) is 8.59. The van der Waals surface area contributed by atoms with Gasteiger partial charge < -0.3 is 11.1 Å². The fourth-order valence-electron chi connectivity index (χ4n) is 2.71. The molecule has 4 nitrogen and oxygen atoms in total. The lowest BCUT2D eigenvalue weighted by Crippen LogP contribution is -2.42. The molecule has 0 spiro atoms. The molecule has 0 bridgehead atoms. The first-order valence-electron chi connectivity index (χ1n) is 7.37. The van der Waals surface area contributed by atoms with Crippen LogP contribution in [0, 0.1) is 5.41 Å². The zero-order chi connectivity index (χ0) is 15.5. The second-order valence-electron chi connectivity index (χ2n) is 6.10. The van der Waals surface area contributed by atoms with E-state index in [4.69, 9.17) is 5.73 Å². The molecule has 0 saturated carbocycles. The van der Waals surface area contributed by atoms with Crippen molar-refractivity contribution in [1.82, 2.24) is 4.90 Å². The van der Waals surface area contributed by atoms with Crippen molar-refractivity contribution in [3.63, 3.8) is 0 Å². The minimum Gasteiger partial charge on any atom is -0.330 e. The van der Waals surface area contributed by atoms with Gasteiger partial charge in [-0.25, -0.2) is 0 Å². The van der Waals surface area contributed by atoms with E-state index < -0.39 is 0 Å². The van der Waals surface area contributed by atoms with Gasteiger partial charge in [0.05, 0.1) is 11.7 Å². The Labute approximate surface area is 143 Å². The number of rotatable bonds is 5. The Kier molecular flexibility index (Phi) is 7.19. The number of benzene rings is 1. The molecule has 1 aromatic rings. The summed E-state index contributed by atoms with van der Waals surface area (Å²) in [6.07, 6.45) is 3.07. The maximum atomic E-state index is 12.5. The molecule has 1 fully saturated rings. The van der Waals surface area contributed by atoms with Crippen LogP contribution in [-0.2, 0) is 4.79 Å². The van der Waals surface area contributed by atoms with Crippen LogP contribution in [0.5, 0.6) is 0 Å². The van der Waals surface area contributed by atoms with Crippen molar-refractivity contribution in [2.45, 2.75) is 31.2 Å². The van der Waals surface area contributed by atoms with Gasteiger partial charge >= 0.3 is 0 Å². The van der Waals surface area contributed by atoms with Crippen LogP contribution < -0.4 is 11.1 Å². The van der Waals surface area contributed by atoms with E-state index in [-0.39, 0.29) is 29.8 Å². The number of carbonyl (C=O) groups excluding carboxylic acids is 1. The number of thioether (sulfide) groups is 1. The van der Waals surface area contributed by atoms with Gasteiger partial charge in [0.2, 0.25) is 5.91 Å². The molecule has 0 radical (unpaired) electrons. The van der Waals surface area contributed by atoms with Gasteiger partial charge in [0, 0.05) is 11.4 Å². The van der Waals surface area contributed by atoms with Gasteiger partial charge in [-0.05, 0) is 50.2 Å².